The third-order valence-electron chi connectivity index (χ3n) is 5.66. The maximum absolute atomic E-state index is 10.1. The first-order chi connectivity index (χ1) is 9.78. The smallest absolute Gasteiger partial charge is 0.119 e. The maximum atomic E-state index is 10.1. The number of methoxy groups -OCH3 is 1. The molecule has 4 rings (SSSR count). The van der Waals surface area contributed by atoms with Crippen LogP contribution in [0, 0.1) is 11.8 Å². The lowest BCUT2D eigenvalue weighted by Crippen LogP contribution is -2.32. The number of ether oxygens (including phenoxy) is 1. The highest BCUT2D eigenvalue weighted by Gasteiger charge is 2.42. The molecule has 0 bridgehead atoms. The zero-order valence-corrected chi connectivity index (χ0v) is 12.0. The molecule has 1 aromatic rings. The normalized spacial score (nSPS) is 34.8. The van der Waals surface area contributed by atoms with Crippen LogP contribution in [0.25, 0.3) is 0 Å². The number of hydrogen-bond donors (Lipinski definition) is 1. The molecule has 1 saturated carbocycles. The van der Waals surface area contributed by atoms with E-state index in [0.29, 0.717) is 17.8 Å². The van der Waals surface area contributed by atoms with E-state index in [4.69, 9.17) is 4.74 Å². The lowest BCUT2D eigenvalue weighted by atomic mass is 9.63. The molecule has 3 aliphatic rings. The van der Waals surface area contributed by atoms with E-state index in [1.54, 1.807) is 12.7 Å². The minimum atomic E-state index is -0.108. The van der Waals surface area contributed by atoms with E-state index in [2.05, 4.69) is 24.3 Å². The summed E-state index contributed by atoms with van der Waals surface area (Å²) in [4.78, 5) is 0. The van der Waals surface area contributed by atoms with Crippen molar-refractivity contribution in [3.8, 4) is 5.75 Å². The van der Waals surface area contributed by atoms with Crippen molar-refractivity contribution in [2.75, 3.05) is 7.11 Å². The van der Waals surface area contributed by atoms with Crippen LogP contribution in [0.2, 0.25) is 0 Å². The summed E-state index contributed by atoms with van der Waals surface area (Å²) in [7, 11) is 1.74. The minimum Gasteiger partial charge on any atom is -0.497 e. The summed E-state index contributed by atoms with van der Waals surface area (Å²) < 4.78 is 5.36. The van der Waals surface area contributed by atoms with Gasteiger partial charge in [-0.3, -0.25) is 0 Å². The van der Waals surface area contributed by atoms with Gasteiger partial charge in [0.05, 0.1) is 13.2 Å². The monoisotopic (exact) mass is 270 g/mol. The average Bonchev–Trinajstić information content (AvgIpc) is 2.88. The topological polar surface area (TPSA) is 29.5 Å². The number of hydrogen-bond acceptors (Lipinski definition) is 2. The van der Waals surface area contributed by atoms with Gasteiger partial charge in [0, 0.05) is 5.92 Å². The summed E-state index contributed by atoms with van der Waals surface area (Å²) in [6.45, 7) is 0. The molecule has 20 heavy (non-hydrogen) atoms. The molecule has 4 atom stereocenters. The van der Waals surface area contributed by atoms with Crippen molar-refractivity contribution in [1.29, 1.82) is 0 Å². The zero-order valence-electron chi connectivity index (χ0n) is 12.0. The van der Waals surface area contributed by atoms with E-state index >= 15 is 0 Å². The lowest BCUT2D eigenvalue weighted by molar-refractivity contribution is 0.114. The predicted molar refractivity (Wildman–Crippen MR) is 79.0 cm³/mol. The van der Waals surface area contributed by atoms with E-state index in [1.165, 1.54) is 24.0 Å². The summed E-state index contributed by atoms with van der Waals surface area (Å²) in [6, 6.07) is 6.60. The fourth-order valence-electron chi connectivity index (χ4n) is 4.71. The number of rotatable bonds is 1. The Morgan fingerprint density at radius 1 is 1.10 bits per heavy atom. The Morgan fingerprint density at radius 2 is 1.95 bits per heavy atom. The van der Waals surface area contributed by atoms with Gasteiger partial charge in [-0.05, 0) is 67.2 Å². The second-order valence-electron chi connectivity index (χ2n) is 6.51. The van der Waals surface area contributed by atoms with Crippen molar-refractivity contribution in [2.45, 2.75) is 44.1 Å². The predicted octanol–water partition coefficient (Wildman–Crippen LogP) is 3.44. The Balaban J connectivity index is 1.69. The van der Waals surface area contributed by atoms with Crippen LogP contribution >= 0.6 is 0 Å². The van der Waals surface area contributed by atoms with Crippen molar-refractivity contribution in [3.05, 3.63) is 41.0 Å². The second kappa shape index (κ2) is 4.63. The molecule has 1 N–H and O–H groups in total. The first-order valence-electron chi connectivity index (χ1n) is 7.82. The third-order valence-corrected chi connectivity index (χ3v) is 5.66. The van der Waals surface area contributed by atoms with Crippen molar-refractivity contribution < 1.29 is 9.84 Å². The Bertz CT molecular complexity index is 561. The second-order valence-corrected chi connectivity index (χ2v) is 6.51. The number of aliphatic hydroxyl groups is 1. The van der Waals surface area contributed by atoms with E-state index < -0.39 is 0 Å². The molecule has 106 valence electrons. The van der Waals surface area contributed by atoms with Gasteiger partial charge in [-0.1, -0.05) is 17.7 Å². The van der Waals surface area contributed by atoms with Gasteiger partial charge in [-0.15, -0.1) is 0 Å². The molecule has 0 aromatic heterocycles. The van der Waals surface area contributed by atoms with E-state index in [1.807, 2.05) is 0 Å². The summed E-state index contributed by atoms with van der Waals surface area (Å²) in [6.07, 6.45) is 7.86. The first-order valence-corrected chi connectivity index (χ1v) is 7.82. The van der Waals surface area contributed by atoms with Crippen LogP contribution in [0.3, 0.4) is 0 Å². The molecule has 0 heterocycles. The average molecular weight is 270 g/mol. The highest BCUT2D eigenvalue weighted by Crippen LogP contribution is 2.52. The summed E-state index contributed by atoms with van der Waals surface area (Å²) >= 11 is 0. The number of benzene rings is 1. The van der Waals surface area contributed by atoms with Gasteiger partial charge in [0.25, 0.3) is 0 Å². The maximum Gasteiger partial charge on any atom is 0.119 e. The summed E-state index contributed by atoms with van der Waals surface area (Å²) in [5.41, 5.74) is 4.57. The van der Waals surface area contributed by atoms with Crippen LogP contribution in [-0.4, -0.2) is 18.3 Å². The van der Waals surface area contributed by atoms with Crippen LogP contribution in [-0.2, 0) is 6.42 Å². The molecular formula is C18H22O2. The Labute approximate surface area is 120 Å². The lowest BCUT2D eigenvalue weighted by Gasteiger charge is -2.42. The SMILES string of the molecule is COc1ccc2c(c1)CC[C@H]1C3=CC[C@H](O)[C@H]3CC[C@H]21. The summed E-state index contributed by atoms with van der Waals surface area (Å²) in [5.74, 6) is 2.77. The van der Waals surface area contributed by atoms with Crippen LogP contribution in [0.4, 0.5) is 0 Å². The zero-order chi connectivity index (χ0) is 13.7. The molecule has 0 spiro atoms. The highest BCUT2D eigenvalue weighted by atomic mass is 16.5. The van der Waals surface area contributed by atoms with Gasteiger partial charge < -0.3 is 9.84 Å². The largest absolute Gasteiger partial charge is 0.497 e. The fourth-order valence-corrected chi connectivity index (χ4v) is 4.71. The molecular weight excluding hydrogens is 248 g/mol. The van der Waals surface area contributed by atoms with Gasteiger partial charge in [-0.2, -0.15) is 0 Å². The van der Waals surface area contributed by atoms with E-state index in [-0.39, 0.29) is 6.10 Å². The molecule has 0 radical (unpaired) electrons. The Morgan fingerprint density at radius 3 is 2.80 bits per heavy atom. The molecule has 3 aliphatic carbocycles. The van der Waals surface area contributed by atoms with Crippen molar-refractivity contribution in [2.24, 2.45) is 11.8 Å². The molecule has 1 aromatic carbocycles. The molecule has 2 nitrogen and oxygen atoms in total. The highest BCUT2D eigenvalue weighted by molar-refractivity contribution is 5.42. The van der Waals surface area contributed by atoms with E-state index in [9.17, 15) is 5.11 Å². The standard InChI is InChI=1S/C18H22O2/c1-20-12-3-5-13-11(10-12)2-4-15-14(13)6-7-17-16(15)8-9-18(17)19/h3,5,8,10,14-15,17-19H,2,4,6-7,9H2,1H3/t14-,15-,17+,18+/m1/s1. The number of aliphatic hydroxyl groups excluding tert-OH is 1. The van der Waals surface area contributed by atoms with Crippen LogP contribution in [0.5, 0.6) is 5.75 Å². The molecule has 0 unspecified atom stereocenters. The van der Waals surface area contributed by atoms with Crippen molar-refractivity contribution >= 4 is 0 Å². The molecule has 0 saturated heterocycles. The molecule has 0 amide bonds. The number of aryl methyl sites for hydroxylation is 1. The Hall–Kier alpha value is -1.28. The third kappa shape index (κ3) is 1.74. The first kappa shape index (κ1) is 12.5. The molecule has 2 heteroatoms. The van der Waals surface area contributed by atoms with Gasteiger partial charge in [0.2, 0.25) is 0 Å². The van der Waals surface area contributed by atoms with Gasteiger partial charge in [0.1, 0.15) is 5.75 Å². The van der Waals surface area contributed by atoms with Crippen LogP contribution in [0.1, 0.15) is 42.7 Å². The van der Waals surface area contributed by atoms with Crippen molar-refractivity contribution in [3.63, 3.8) is 0 Å². The fraction of sp³-hybridized carbons (Fsp3) is 0.556. The quantitative estimate of drug-likeness (QED) is 0.792. The van der Waals surface area contributed by atoms with Gasteiger partial charge >= 0.3 is 0 Å². The number of fused-ring (bicyclic) bond motifs is 5. The van der Waals surface area contributed by atoms with Gasteiger partial charge in [0.15, 0.2) is 0 Å². The van der Waals surface area contributed by atoms with Crippen LogP contribution < -0.4 is 4.74 Å². The molecule has 1 fully saturated rings. The van der Waals surface area contributed by atoms with E-state index in [0.717, 1.165) is 25.0 Å². The minimum absolute atomic E-state index is 0.108. The van der Waals surface area contributed by atoms with Crippen molar-refractivity contribution in [1.82, 2.24) is 0 Å². The summed E-state index contributed by atoms with van der Waals surface area (Å²) in [5, 5.41) is 10.1. The van der Waals surface area contributed by atoms with Crippen LogP contribution in [0.15, 0.2) is 29.8 Å². The Kier molecular flexibility index (Phi) is 2.88. The van der Waals surface area contributed by atoms with Gasteiger partial charge in [-0.25, -0.2) is 0 Å². The molecule has 0 aliphatic heterocycles.